The van der Waals surface area contributed by atoms with Crippen LogP contribution in [0.3, 0.4) is 0 Å². The first-order valence-electron chi connectivity index (χ1n) is 8.79. The van der Waals surface area contributed by atoms with E-state index in [0.717, 1.165) is 46.7 Å². The highest BCUT2D eigenvalue weighted by Gasteiger charge is 2.16. The molecule has 0 fully saturated rings. The molecule has 26 heavy (non-hydrogen) atoms. The summed E-state index contributed by atoms with van der Waals surface area (Å²) in [4.78, 5) is 17.2. The molecule has 2 aromatic rings. The van der Waals surface area contributed by atoms with Crippen LogP contribution >= 0.6 is 0 Å². The van der Waals surface area contributed by atoms with Crippen molar-refractivity contribution in [1.29, 1.82) is 0 Å². The van der Waals surface area contributed by atoms with Crippen molar-refractivity contribution in [1.82, 2.24) is 0 Å². The summed E-state index contributed by atoms with van der Waals surface area (Å²) in [5, 5.41) is 0. The lowest BCUT2D eigenvalue weighted by molar-refractivity contribution is 0.103. The molecule has 0 amide bonds. The third kappa shape index (κ3) is 4.23. The number of hydrogen-bond acceptors (Lipinski definition) is 3. The molecule has 3 heteroatoms. The van der Waals surface area contributed by atoms with Gasteiger partial charge in [-0.15, -0.1) is 13.2 Å². The highest BCUT2D eigenvalue weighted by molar-refractivity contribution is 6.11. The van der Waals surface area contributed by atoms with Gasteiger partial charge < -0.3 is 9.80 Å². The SMILES string of the molecule is C=CCN(C)c1ccc(C(=O)c2ccc(N(C)CC=C)cc2C)c(C)c1. The maximum atomic E-state index is 13.0. The second-order valence-electron chi connectivity index (χ2n) is 6.67. The minimum absolute atomic E-state index is 0.0656. The van der Waals surface area contributed by atoms with Crippen LogP contribution in [0.15, 0.2) is 61.7 Å². The van der Waals surface area contributed by atoms with E-state index in [1.165, 1.54) is 0 Å². The summed E-state index contributed by atoms with van der Waals surface area (Å²) in [6.45, 7) is 13.1. The van der Waals surface area contributed by atoms with Gasteiger partial charge in [-0.25, -0.2) is 0 Å². The summed E-state index contributed by atoms with van der Waals surface area (Å²) >= 11 is 0. The molecule has 0 aliphatic heterocycles. The zero-order valence-electron chi connectivity index (χ0n) is 16.2. The topological polar surface area (TPSA) is 23.6 Å². The Hall–Kier alpha value is -2.81. The second kappa shape index (κ2) is 8.52. The van der Waals surface area contributed by atoms with Gasteiger partial charge in [-0.05, 0) is 61.4 Å². The molecule has 0 spiro atoms. The normalized spacial score (nSPS) is 10.3. The Labute approximate surface area is 157 Å². The Morgan fingerprint density at radius 2 is 1.23 bits per heavy atom. The molecule has 0 aliphatic rings. The van der Waals surface area contributed by atoms with Crippen LogP contribution in [-0.2, 0) is 0 Å². The third-order valence-corrected chi connectivity index (χ3v) is 4.60. The fraction of sp³-hybridized carbons (Fsp3) is 0.261. The Kier molecular flexibility index (Phi) is 6.40. The summed E-state index contributed by atoms with van der Waals surface area (Å²) in [5.41, 5.74) is 5.62. The fourth-order valence-corrected chi connectivity index (χ4v) is 3.02. The molecule has 0 atom stereocenters. The smallest absolute Gasteiger partial charge is 0.193 e. The first-order chi connectivity index (χ1) is 12.4. The maximum absolute atomic E-state index is 13.0. The number of aryl methyl sites for hydroxylation is 2. The molecule has 0 aromatic heterocycles. The van der Waals surface area contributed by atoms with Crippen molar-refractivity contribution in [2.24, 2.45) is 0 Å². The lowest BCUT2D eigenvalue weighted by Crippen LogP contribution is -2.18. The number of nitrogens with zero attached hydrogens (tertiary/aromatic N) is 2. The molecule has 0 N–H and O–H groups in total. The second-order valence-corrected chi connectivity index (χ2v) is 6.67. The van der Waals surface area contributed by atoms with Crippen molar-refractivity contribution in [2.75, 3.05) is 37.0 Å². The van der Waals surface area contributed by atoms with Crippen molar-refractivity contribution in [3.8, 4) is 0 Å². The quantitative estimate of drug-likeness (QED) is 0.507. The first-order valence-corrected chi connectivity index (χ1v) is 8.79. The summed E-state index contributed by atoms with van der Waals surface area (Å²) in [7, 11) is 4.03. The Bertz CT molecular complexity index is 755. The molecule has 0 saturated carbocycles. The van der Waals surface area contributed by atoms with Crippen LogP contribution in [-0.4, -0.2) is 33.0 Å². The third-order valence-electron chi connectivity index (χ3n) is 4.60. The van der Waals surface area contributed by atoms with E-state index in [0.29, 0.717) is 0 Å². The number of carbonyl (C=O) groups is 1. The lowest BCUT2D eigenvalue weighted by atomic mass is 9.95. The van der Waals surface area contributed by atoms with Gasteiger partial charge in [0.2, 0.25) is 0 Å². The van der Waals surface area contributed by atoms with Crippen LogP contribution in [0.2, 0.25) is 0 Å². The molecule has 0 bridgehead atoms. The number of likely N-dealkylation sites (N-methyl/N-ethyl adjacent to an activating group) is 2. The summed E-state index contributed by atoms with van der Waals surface area (Å²) in [6, 6.07) is 11.9. The van der Waals surface area contributed by atoms with Crippen LogP contribution in [0.1, 0.15) is 27.0 Å². The highest BCUT2D eigenvalue weighted by Crippen LogP contribution is 2.24. The number of anilines is 2. The van der Waals surface area contributed by atoms with E-state index in [4.69, 9.17) is 0 Å². The average molecular weight is 348 g/mol. The maximum Gasteiger partial charge on any atom is 0.193 e. The molecule has 2 rings (SSSR count). The van der Waals surface area contributed by atoms with Crippen LogP contribution < -0.4 is 9.80 Å². The molecule has 136 valence electrons. The predicted octanol–water partition coefficient (Wildman–Crippen LogP) is 4.78. The molecule has 0 radical (unpaired) electrons. The molecule has 2 aromatic carbocycles. The minimum Gasteiger partial charge on any atom is -0.371 e. The Balaban J connectivity index is 2.31. The lowest BCUT2D eigenvalue weighted by Gasteiger charge is -2.20. The van der Waals surface area contributed by atoms with Gasteiger partial charge in [0.25, 0.3) is 0 Å². The number of carbonyl (C=O) groups excluding carboxylic acids is 1. The summed E-state index contributed by atoms with van der Waals surface area (Å²) in [5.74, 6) is 0.0656. The summed E-state index contributed by atoms with van der Waals surface area (Å²) < 4.78 is 0. The van der Waals surface area contributed by atoms with Gasteiger partial charge in [0.1, 0.15) is 0 Å². The Morgan fingerprint density at radius 3 is 1.54 bits per heavy atom. The van der Waals surface area contributed by atoms with Crippen molar-refractivity contribution in [3.05, 3.63) is 84.0 Å². The molecule has 0 heterocycles. The van der Waals surface area contributed by atoms with Crippen LogP contribution in [0.25, 0.3) is 0 Å². The molecule has 3 nitrogen and oxygen atoms in total. The fourth-order valence-electron chi connectivity index (χ4n) is 3.02. The predicted molar refractivity (Wildman–Crippen MR) is 113 cm³/mol. The van der Waals surface area contributed by atoms with Gasteiger partial charge in [0, 0.05) is 49.7 Å². The van der Waals surface area contributed by atoms with Gasteiger partial charge in [-0.3, -0.25) is 4.79 Å². The molecule has 0 unspecified atom stereocenters. The zero-order valence-corrected chi connectivity index (χ0v) is 16.2. The monoisotopic (exact) mass is 348 g/mol. The van der Waals surface area contributed by atoms with E-state index in [-0.39, 0.29) is 5.78 Å². The van der Waals surface area contributed by atoms with Crippen LogP contribution in [0, 0.1) is 13.8 Å². The standard InChI is InChI=1S/C23H28N2O/c1-7-13-24(5)19-9-11-21(17(3)15-19)23(26)22-12-10-20(16-18(22)4)25(6)14-8-2/h7-12,15-16H,1-2,13-14H2,3-6H3. The van der Waals surface area contributed by atoms with Crippen molar-refractivity contribution >= 4 is 17.2 Å². The van der Waals surface area contributed by atoms with E-state index in [2.05, 4.69) is 35.1 Å². The Morgan fingerprint density at radius 1 is 0.846 bits per heavy atom. The van der Waals surface area contributed by atoms with Gasteiger partial charge >= 0.3 is 0 Å². The number of hydrogen-bond donors (Lipinski definition) is 0. The summed E-state index contributed by atoms with van der Waals surface area (Å²) in [6.07, 6.45) is 3.73. The molecule has 0 saturated heterocycles. The van der Waals surface area contributed by atoms with Crippen LogP contribution in [0.4, 0.5) is 11.4 Å². The molecular weight excluding hydrogens is 320 g/mol. The largest absolute Gasteiger partial charge is 0.371 e. The number of ketones is 1. The molecular formula is C23H28N2O. The van der Waals surface area contributed by atoms with Crippen molar-refractivity contribution in [2.45, 2.75) is 13.8 Å². The first kappa shape index (κ1) is 19.5. The van der Waals surface area contributed by atoms with E-state index >= 15 is 0 Å². The van der Waals surface area contributed by atoms with Gasteiger partial charge in [-0.2, -0.15) is 0 Å². The number of benzene rings is 2. The van der Waals surface area contributed by atoms with E-state index in [1.54, 1.807) is 0 Å². The minimum atomic E-state index is 0.0656. The van der Waals surface area contributed by atoms with E-state index in [1.807, 2.05) is 64.4 Å². The van der Waals surface area contributed by atoms with Gasteiger partial charge in [-0.1, -0.05) is 12.2 Å². The van der Waals surface area contributed by atoms with E-state index < -0.39 is 0 Å². The average Bonchev–Trinajstić information content (AvgIpc) is 2.61. The van der Waals surface area contributed by atoms with Gasteiger partial charge in [0.05, 0.1) is 0 Å². The van der Waals surface area contributed by atoms with Crippen LogP contribution in [0.5, 0.6) is 0 Å². The van der Waals surface area contributed by atoms with E-state index in [9.17, 15) is 4.79 Å². The van der Waals surface area contributed by atoms with Gasteiger partial charge in [0.15, 0.2) is 5.78 Å². The van der Waals surface area contributed by atoms with Crippen molar-refractivity contribution < 1.29 is 4.79 Å². The molecule has 0 aliphatic carbocycles. The highest BCUT2D eigenvalue weighted by atomic mass is 16.1. The number of rotatable bonds is 8. The zero-order chi connectivity index (χ0) is 19.3. The van der Waals surface area contributed by atoms with Crippen molar-refractivity contribution in [3.63, 3.8) is 0 Å².